The van der Waals surface area contributed by atoms with Gasteiger partial charge in [0.1, 0.15) is 12.4 Å². The monoisotopic (exact) mass is 359 g/mol. The van der Waals surface area contributed by atoms with Gasteiger partial charge >= 0.3 is 0 Å². The number of sulfonamides is 1. The Morgan fingerprint density at radius 2 is 1.77 bits per heavy atom. The minimum absolute atomic E-state index is 0.134. The second-order valence-electron chi connectivity index (χ2n) is 4.63. The zero-order chi connectivity index (χ0) is 16.2. The van der Waals surface area contributed by atoms with Crippen LogP contribution in [-0.4, -0.2) is 21.6 Å². The molecule has 0 saturated carbocycles. The maximum atomic E-state index is 12.1. The molecule has 0 bridgehead atoms. The predicted octanol–water partition coefficient (Wildman–Crippen LogP) is 3.66. The van der Waals surface area contributed by atoms with Crippen LogP contribution in [-0.2, 0) is 10.0 Å². The van der Waals surface area contributed by atoms with Gasteiger partial charge in [-0.3, -0.25) is 0 Å². The minimum Gasteiger partial charge on any atom is -0.491 e. The summed E-state index contributed by atoms with van der Waals surface area (Å²) in [4.78, 5) is 0.225. The highest BCUT2D eigenvalue weighted by Crippen LogP contribution is 2.27. The van der Waals surface area contributed by atoms with Gasteiger partial charge in [0.25, 0.3) is 0 Å². The molecular weight excluding hydrogens is 345 g/mol. The van der Waals surface area contributed by atoms with Crippen molar-refractivity contribution in [1.29, 1.82) is 0 Å². The Bertz CT molecular complexity index is 746. The molecule has 0 heterocycles. The second kappa shape index (κ2) is 7.33. The molecule has 0 aliphatic rings. The molecule has 0 amide bonds. The van der Waals surface area contributed by atoms with E-state index in [0.29, 0.717) is 15.8 Å². The summed E-state index contributed by atoms with van der Waals surface area (Å²) in [6.45, 7) is 2.19. The van der Waals surface area contributed by atoms with Crippen molar-refractivity contribution in [3.05, 3.63) is 58.1 Å². The highest BCUT2D eigenvalue weighted by molar-refractivity contribution is 7.89. The molecule has 2 rings (SSSR count). The van der Waals surface area contributed by atoms with Crippen LogP contribution in [0.25, 0.3) is 0 Å². The topological polar surface area (TPSA) is 55.4 Å². The van der Waals surface area contributed by atoms with Crippen LogP contribution in [0.4, 0.5) is 0 Å². The first-order chi connectivity index (χ1) is 10.4. The van der Waals surface area contributed by atoms with Gasteiger partial charge in [0.2, 0.25) is 10.0 Å². The van der Waals surface area contributed by atoms with Gasteiger partial charge in [-0.2, -0.15) is 0 Å². The van der Waals surface area contributed by atoms with Crippen LogP contribution in [0.1, 0.15) is 5.56 Å². The highest BCUT2D eigenvalue weighted by atomic mass is 35.5. The first kappa shape index (κ1) is 17.1. The number of hydrogen-bond acceptors (Lipinski definition) is 3. The number of aryl methyl sites for hydroxylation is 1. The van der Waals surface area contributed by atoms with Crippen LogP contribution in [0.5, 0.6) is 5.75 Å². The van der Waals surface area contributed by atoms with Gasteiger partial charge in [0.15, 0.2) is 0 Å². The maximum absolute atomic E-state index is 12.1. The fourth-order valence-electron chi connectivity index (χ4n) is 1.73. The number of halogens is 2. The Hall–Kier alpha value is -1.27. The van der Waals surface area contributed by atoms with Gasteiger partial charge in [-0.25, -0.2) is 13.1 Å². The standard InChI is InChI=1S/C15H15Cl2NO3S/c1-11-2-5-13(6-3-11)22(19,20)18-8-9-21-15-7-4-12(16)10-14(15)17/h2-7,10,18H,8-9H2,1H3. The van der Waals surface area contributed by atoms with Crippen LogP contribution in [0, 0.1) is 6.92 Å². The minimum atomic E-state index is -3.53. The Morgan fingerprint density at radius 1 is 1.09 bits per heavy atom. The average molecular weight is 360 g/mol. The maximum Gasteiger partial charge on any atom is 0.240 e. The van der Waals surface area contributed by atoms with Gasteiger partial charge < -0.3 is 4.74 Å². The first-order valence-corrected chi connectivity index (χ1v) is 8.76. The van der Waals surface area contributed by atoms with E-state index < -0.39 is 10.0 Å². The van der Waals surface area contributed by atoms with E-state index in [0.717, 1.165) is 5.56 Å². The molecular formula is C15H15Cl2NO3S. The fraction of sp³-hybridized carbons (Fsp3) is 0.200. The number of benzene rings is 2. The molecule has 7 heteroatoms. The lowest BCUT2D eigenvalue weighted by atomic mass is 10.2. The number of rotatable bonds is 6. The van der Waals surface area contributed by atoms with E-state index in [2.05, 4.69) is 4.72 Å². The number of ether oxygens (including phenoxy) is 1. The van der Waals surface area contributed by atoms with Crippen molar-refractivity contribution in [3.8, 4) is 5.75 Å². The summed E-state index contributed by atoms with van der Waals surface area (Å²) < 4.78 is 32.0. The molecule has 0 unspecified atom stereocenters. The van der Waals surface area contributed by atoms with Crippen molar-refractivity contribution in [3.63, 3.8) is 0 Å². The van der Waals surface area contributed by atoms with Crippen LogP contribution < -0.4 is 9.46 Å². The van der Waals surface area contributed by atoms with Crippen molar-refractivity contribution < 1.29 is 13.2 Å². The molecule has 0 aliphatic carbocycles. The third kappa shape index (κ3) is 4.61. The fourth-order valence-corrected chi connectivity index (χ4v) is 3.21. The summed E-state index contributed by atoms with van der Waals surface area (Å²) in [5.41, 5.74) is 1.000. The Labute approximate surface area is 140 Å². The van der Waals surface area contributed by atoms with E-state index in [1.807, 2.05) is 6.92 Å². The number of hydrogen-bond donors (Lipinski definition) is 1. The molecule has 0 saturated heterocycles. The largest absolute Gasteiger partial charge is 0.491 e. The first-order valence-electron chi connectivity index (χ1n) is 6.53. The van der Waals surface area contributed by atoms with E-state index in [1.165, 1.54) is 0 Å². The molecule has 0 radical (unpaired) electrons. The van der Waals surface area contributed by atoms with Crippen molar-refractivity contribution in [2.45, 2.75) is 11.8 Å². The summed E-state index contributed by atoms with van der Waals surface area (Å²) in [6.07, 6.45) is 0. The van der Waals surface area contributed by atoms with E-state index in [9.17, 15) is 8.42 Å². The molecule has 22 heavy (non-hydrogen) atoms. The third-order valence-corrected chi connectivity index (χ3v) is 4.88. The smallest absolute Gasteiger partial charge is 0.240 e. The molecule has 0 atom stereocenters. The molecule has 0 spiro atoms. The van der Waals surface area contributed by atoms with Crippen LogP contribution >= 0.6 is 23.2 Å². The molecule has 0 aliphatic heterocycles. The van der Waals surface area contributed by atoms with Crippen molar-refractivity contribution in [1.82, 2.24) is 4.72 Å². The molecule has 2 aromatic carbocycles. The van der Waals surface area contributed by atoms with Crippen molar-refractivity contribution in [2.24, 2.45) is 0 Å². The summed E-state index contributed by atoms with van der Waals surface area (Å²) in [5.74, 6) is 0.459. The summed E-state index contributed by atoms with van der Waals surface area (Å²) in [7, 11) is -3.53. The lowest BCUT2D eigenvalue weighted by Crippen LogP contribution is -2.28. The molecule has 1 N–H and O–H groups in total. The van der Waals surface area contributed by atoms with Gasteiger partial charge in [0.05, 0.1) is 9.92 Å². The third-order valence-electron chi connectivity index (χ3n) is 2.88. The zero-order valence-corrected chi connectivity index (χ0v) is 14.2. The van der Waals surface area contributed by atoms with Gasteiger partial charge in [0, 0.05) is 11.6 Å². The Morgan fingerprint density at radius 3 is 2.41 bits per heavy atom. The van der Waals surface area contributed by atoms with E-state index in [1.54, 1.807) is 42.5 Å². The predicted molar refractivity (Wildman–Crippen MR) is 88.3 cm³/mol. The van der Waals surface area contributed by atoms with Crippen molar-refractivity contribution >= 4 is 33.2 Å². The normalized spacial score (nSPS) is 11.4. The Balaban J connectivity index is 1.89. The van der Waals surface area contributed by atoms with Gasteiger partial charge in [-0.05, 0) is 37.3 Å². The zero-order valence-electron chi connectivity index (χ0n) is 11.8. The van der Waals surface area contributed by atoms with Crippen molar-refractivity contribution in [2.75, 3.05) is 13.2 Å². The second-order valence-corrected chi connectivity index (χ2v) is 7.24. The lowest BCUT2D eigenvalue weighted by Gasteiger charge is -2.10. The lowest BCUT2D eigenvalue weighted by molar-refractivity contribution is 0.323. The number of nitrogens with one attached hydrogen (secondary N) is 1. The Kier molecular flexibility index (Phi) is 5.69. The highest BCUT2D eigenvalue weighted by Gasteiger charge is 2.12. The van der Waals surface area contributed by atoms with Gasteiger partial charge in [-0.15, -0.1) is 0 Å². The average Bonchev–Trinajstić information content (AvgIpc) is 2.46. The molecule has 0 fully saturated rings. The van der Waals surface area contributed by atoms with Crippen LogP contribution in [0.3, 0.4) is 0 Å². The van der Waals surface area contributed by atoms with E-state index >= 15 is 0 Å². The SMILES string of the molecule is Cc1ccc(S(=O)(=O)NCCOc2ccc(Cl)cc2Cl)cc1. The van der Waals surface area contributed by atoms with Crippen LogP contribution in [0.2, 0.25) is 10.0 Å². The quantitative estimate of drug-likeness (QED) is 0.800. The molecule has 118 valence electrons. The van der Waals surface area contributed by atoms with E-state index in [4.69, 9.17) is 27.9 Å². The van der Waals surface area contributed by atoms with Gasteiger partial charge in [-0.1, -0.05) is 40.9 Å². The molecule has 2 aromatic rings. The van der Waals surface area contributed by atoms with Crippen LogP contribution in [0.15, 0.2) is 47.4 Å². The molecule has 0 aromatic heterocycles. The summed E-state index contributed by atoms with van der Waals surface area (Å²) >= 11 is 11.7. The van der Waals surface area contributed by atoms with E-state index in [-0.39, 0.29) is 18.0 Å². The molecule has 4 nitrogen and oxygen atoms in total. The summed E-state index contributed by atoms with van der Waals surface area (Å²) in [5, 5.41) is 0.895. The summed E-state index contributed by atoms with van der Waals surface area (Å²) in [6, 6.07) is 11.5.